The topological polar surface area (TPSA) is 49.4 Å². The molecule has 15 heavy (non-hydrogen) atoms. The van der Waals surface area contributed by atoms with Gasteiger partial charge in [-0.25, -0.2) is 0 Å². The Bertz CT molecular complexity index is 389. The highest BCUT2D eigenvalue weighted by atomic mass is 32.1. The van der Waals surface area contributed by atoms with Crippen LogP contribution in [0.25, 0.3) is 0 Å². The monoisotopic (exact) mass is 224 g/mol. The van der Waals surface area contributed by atoms with E-state index in [1.165, 1.54) is 11.3 Å². The third-order valence-corrected chi connectivity index (χ3v) is 3.17. The molecule has 1 amide bonds. The van der Waals surface area contributed by atoms with E-state index in [1.54, 1.807) is 0 Å². The van der Waals surface area contributed by atoms with Crippen molar-refractivity contribution in [3.63, 3.8) is 0 Å². The number of carbonyl (C=O) groups excluding carboxylic acids is 2. The molecule has 0 bridgehead atoms. The number of nitrogens with zero attached hydrogens (tertiary/aromatic N) is 1. The van der Waals surface area contributed by atoms with Crippen molar-refractivity contribution in [2.24, 2.45) is 0 Å². The van der Waals surface area contributed by atoms with Crippen molar-refractivity contribution in [3.05, 3.63) is 16.3 Å². The highest BCUT2D eigenvalue weighted by molar-refractivity contribution is 7.12. The first-order valence-electron chi connectivity index (χ1n) is 4.77. The number of hydrogen-bond donors (Lipinski definition) is 1. The zero-order valence-electron chi connectivity index (χ0n) is 8.40. The Kier molecular flexibility index (Phi) is 2.73. The second-order valence-corrected chi connectivity index (χ2v) is 4.62. The largest absolute Gasteiger partial charge is 0.359 e. The van der Waals surface area contributed by atoms with E-state index in [-0.39, 0.29) is 11.9 Å². The molecule has 1 N–H and O–H groups in total. The molecule has 0 spiro atoms. The minimum Gasteiger partial charge on any atom is -0.359 e. The molecule has 0 aromatic carbocycles. The molecule has 0 aliphatic carbocycles. The van der Waals surface area contributed by atoms with Gasteiger partial charge in [0, 0.05) is 23.7 Å². The number of hydrogen-bond acceptors (Lipinski definition) is 4. The first-order chi connectivity index (χ1) is 7.19. The van der Waals surface area contributed by atoms with Crippen LogP contribution in [0.15, 0.2) is 11.4 Å². The molecule has 1 aliphatic heterocycles. The number of thiophene rings is 1. The van der Waals surface area contributed by atoms with Crippen LogP contribution in [0.5, 0.6) is 0 Å². The van der Waals surface area contributed by atoms with Crippen molar-refractivity contribution in [2.75, 3.05) is 18.0 Å². The van der Waals surface area contributed by atoms with E-state index in [4.69, 9.17) is 0 Å². The summed E-state index contributed by atoms with van der Waals surface area (Å²) in [6.07, 6.45) is 0.835. The Morgan fingerprint density at radius 2 is 2.47 bits per heavy atom. The molecule has 2 rings (SSSR count). The lowest BCUT2D eigenvalue weighted by atomic mass is 10.2. The zero-order valence-corrected chi connectivity index (χ0v) is 9.21. The molecule has 1 aromatic heterocycles. The van der Waals surface area contributed by atoms with E-state index < -0.39 is 0 Å². The van der Waals surface area contributed by atoms with Crippen LogP contribution in [0, 0.1) is 0 Å². The number of carbonyl (C=O) groups is 2. The average Bonchev–Trinajstić information content (AvgIpc) is 2.64. The summed E-state index contributed by atoms with van der Waals surface area (Å²) >= 11 is 1.40. The summed E-state index contributed by atoms with van der Waals surface area (Å²) in [5.41, 5.74) is 0.962. The molecule has 2 heterocycles. The van der Waals surface area contributed by atoms with Gasteiger partial charge >= 0.3 is 0 Å². The van der Waals surface area contributed by atoms with Gasteiger partial charge in [-0.15, -0.1) is 11.3 Å². The van der Waals surface area contributed by atoms with Gasteiger partial charge in [-0.2, -0.15) is 0 Å². The minimum absolute atomic E-state index is 0.0348. The molecular weight excluding hydrogens is 212 g/mol. The molecule has 1 atom stereocenters. The Hall–Kier alpha value is -1.36. The van der Waals surface area contributed by atoms with Crippen LogP contribution in [0.2, 0.25) is 0 Å². The summed E-state index contributed by atoms with van der Waals surface area (Å²) in [7, 11) is 0. The third-order valence-electron chi connectivity index (χ3n) is 2.32. The number of rotatable bonds is 2. The Morgan fingerprint density at radius 1 is 1.67 bits per heavy atom. The molecule has 1 aromatic rings. The SMILES string of the molecule is CC1CN(c2csc(C=O)c2)CC(=O)N1. The predicted molar refractivity (Wildman–Crippen MR) is 59.5 cm³/mol. The molecule has 0 radical (unpaired) electrons. The van der Waals surface area contributed by atoms with E-state index in [2.05, 4.69) is 5.32 Å². The highest BCUT2D eigenvalue weighted by Gasteiger charge is 2.22. The smallest absolute Gasteiger partial charge is 0.239 e. The fourth-order valence-corrected chi connectivity index (χ4v) is 2.42. The van der Waals surface area contributed by atoms with Crippen LogP contribution in [0.4, 0.5) is 5.69 Å². The summed E-state index contributed by atoms with van der Waals surface area (Å²) in [4.78, 5) is 24.5. The quantitative estimate of drug-likeness (QED) is 0.759. The van der Waals surface area contributed by atoms with E-state index in [0.29, 0.717) is 11.4 Å². The van der Waals surface area contributed by atoms with Crippen LogP contribution in [0.1, 0.15) is 16.6 Å². The van der Waals surface area contributed by atoms with Crippen LogP contribution >= 0.6 is 11.3 Å². The number of amides is 1. The van der Waals surface area contributed by atoms with Crippen LogP contribution < -0.4 is 10.2 Å². The van der Waals surface area contributed by atoms with Gasteiger partial charge in [-0.05, 0) is 13.0 Å². The van der Waals surface area contributed by atoms with Gasteiger partial charge in [0.1, 0.15) is 0 Å². The van der Waals surface area contributed by atoms with Gasteiger partial charge in [0.2, 0.25) is 5.91 Å². The summed E-state index contributed by atoms with van der Waals surface area (Å²) in [6.45, 7) is 3.14. The highest BCUT2D eigenvalue weighted by Crippen LogP contribution is 2.23. The second kappa shape index (κ2) is 4.02. The molecule has 4 nitrogen and oxygen atoms in total. The fourth-order valence-electron chi connectivity index (χ4n) is 1.70. The molecule has 5 heteroatoms. The molecule has 1 saturated heterocycles. The van der Waals surface area contributed by atoms with E-state index in [1.807, 2.05) is 23.3 Å². The predicted octanol–water partition coefficient (Wildman–Crippen LogP) is 0.885. The van der Waals surface area contributed by atoms with Crippen molar-refractivity contribution >= 4 is 29.2 Å². The van der Waals surface area contributed by atoms with Crippen molar-refractivity contribution in [1.29, 1.82) is 0 Å². The Morgan fingerprint density at radius 3 is 3.07 bits per heavy atom. The number of aldehydes is 1. The van der Waals surface area contributed by atoms with Gasteiger partial charge in [-0.3, -0.25) is 9.59 Å². The minimum atomic E-state index is 0.0348. The summed E-state index contributed by atoms with van der Waals surface area (Å²) in [5.74, 6) is 0.0348. The van der Waals surface area contributed by atoms with Gasteiger partial charge in [0.25, 0.3) is 0 Å². The Labute approximate surface area is 91.9 Å². The second-order valence-electron chi connectivity index (χ2n) is 3.67. The first kappa shape index (κ1) is 10.2. The van der Waals surface area contributed by atoms with Gasteiger partial charge < -0.3 is 10.2 Å². The maximum absolute atomic E-state index is 11.3. The average molecular weight is 224 g/mol. The lowest BCUT2D eigenvalue weighted by Gasteiger charge is -2.32. The normalized spacial score (nSPS) is 21.3. The van der Waals surface area contributed by atoms with Crippen LogP contribution in [-0.2, 0) is 4.79 Å². The Balaban J connectivity index is 2.15. The molecule has 1 aliphatic rings. The van der Waals surface area contributed by atoms with Crippen LogP contribution in [0.3, 0.4) is 0 Å². The van der Waals surface area contributed by atoms with Crippen LogP contribution in [-0.4, -0.2) is 31.3 Å². The molecule has 0 saturated carbocycles. The number of piperazine rings is 1. The molecule has 1 fully saturated rings. The molecular formula is C10H12N2O2S. The van der Waals surface area contributed by atoms with Crippen molar-refractivity contribution in [1.82, 2.24) is 5.32 Å². The summed E-state index contributed by atoms with van der Waals surface area (Å²) in [5, 5.41) is 4.76. The lowest BCUT2D eigenvalue weighted by Crippen LogP contribution is -2.52. The molecule has 80 valence electrons. The van der Waals surface area contributed by atoms with Crippen molar-refractivity contribution < 1.29 is 9.59 Å². The van der Waals surface area contributed by atoms with Gasteiger partial charge in [-0.1, -0.05) is 0 Å². The van der Waals surface area contributed by atoms with E-state index in [0.717, 1.165) is 18.5 Å². The summed E-state index contributed by atoms with van der Waals surface area (Å²) < 4.78 is 0. The third kappa shape index (κ3) is 2.18. The maximum atomic E-state index is 11.3. The summed E-state index contributed by atoms with van der Waals surface area (Å²) in [6, 6.07) is 1.98. The molecule has 1 unspecified atom stereocenters. The standard InChI is InChI=1S/C10H12N2O2S/c1-7-3-12(4-10(14)11-7)8-2-9(5-13)15-6-8/h2,5-7H,3-4H2,1H3,(H,11,14). The van der Waals surface area contributed by atoms with Gasteiger partial charge in [0.05, 0.1) is 11.4 Å². The maximum Gasteiger partial charge on any atom is 0.239 e. The number of nitrogens with one attached hydrogen (secondary N) is 1. The number of anilines is 1. The van der Waals surface area contributed by atoms with Gasteiger partial charge in [0.15, 0.2) is 6.29 Å². The van der Waals surface area contributed by atoms with Crippen molar-refractivity contribution in [3.8, 4) is 0 Å². The van der Waals surface area contributed by atoms with E-state index in [9.17, 15) is 9.59 Å². The first-order valence-corrected chi connectivity index (χ1v) is 5.65. The van der Waals surface area contributed by atoms with Crippen molar-refractivity contribution in [2.45, 2.75) is 13.0 Å². The fraction of sp³-hybridized carbons (Fsp3) is 0.400. The van der Waals surface area contributed by atoms with E-state index >= 15 is 0 Å². The lowest BCUT2D eigenvalue weighted by molar-refractivity contribution is -0.121. The zero-order chi connectivity index (χ0) is 10.8.